The van der Waals surface area contributed by atoms with E-state index < -0.39 is 11.4 Å². The van der Waals surface area contributed by atoms with Crippen molar-refractivity contribution < 1.29 is 23.8 Å². The van der Waals surface area contributed by atoms with E-state index in [9.17, 15) is 9.59 Å². The van der Waals surface area contributed by atoms with Crippen molar-refractivity contribution in [2.45, 2.75) is 84.5 Å². The third-order valence-electron chi connectivity index (χ3n) is 6.99. The van der Waals surface area contributed by atoms with Crippen molar-refractivity contribution in [3.05, 3.63) is 58.7 Å². The van der Waals surface area contributed by atoms with Gasteiger partial charge in [-0.15, -0.1) is 0 Å². The zero-order chi connectivity index (χ0) is 25.6. The molecule has 0 bridgehead atoms. The SMILES string of the molecule is C=CC1=C(C)C(=O)C(OCCCC)(OCCCC)c2c1ccc1c2C=CC(=O)C1(C)OCCCC. The summed E-state index contributed by atoms with van der Waals surface area (Å²) in [7, 11) is 0. The van der Waals surface area contributed by atoms with Crippen LogP contribution in [-0.2, 0) is 35.2 Å². The second kappa shape index (κ2) is 11.6. The number of fused-ring (bicyclic) bond motifs is 3. The number of hydrogen-bond donors (Lipinski definition) is 0. The van der Waals surface area contributed by atoms with Crippen LogP contribution in [-0.4, -0.2) is 31.4 Å². The molecule has 1 unspecified atom stereocenters. The average Bonchev–Trinajstić information content (AvgIpc) is 2.85. The lowest BCUT2D eigenvalue weighted by atomic mass is 9.73. The van der Waals surface area contributed by atoms with E-state index in [1.165, 1.54) is 0 Å². The maximum atomic E-state index is 14.0. The summed E-state index contributed by atoms with van der Waals surface area (Å²) < 4.78 is 19.0. The number of rotatable bonds is 13. The molecule has 0 fully saturated rings. The largest absolute Gasteiger partial charge is 0.362 e. The predicted octanol–water partition coefficient (Wildman–Crippen LogP) is 6.64. The Morgan fingerprint density at radius 1 is 0.886 bits per heavy atom. The summed E-state index contributed by atoms with van der Waals surface area (Å²) in [5.41, 5.74) is 3.19. The number of Topliss-reactive ketones (excluding diaryl/α,β-unsaturated/α-hetero) is 1. The molecule has 0 aliphatic heterocycles. The highest BCUT2D eigenvalue weighted by molar-refractivity contribution is 6.13. The van der Waals surface area contributed by atoms with E-state index in [0.717, 1.165) is 60.8 Å². The van der Waals surface area contributed by atoms with E-state index in [2.05, 4.69) is 27.4 Å². The van der Waals surface area contributed by atoms with Gasteiger partial charge >= 0.3 is 0 Å². The lowest BCUT2D eigenvalue weighted by Gasteiger charge is -2.41. The summed E-state index contributed by atoms with van der Waals surface area (Å²) in [6.07, 6.45) is 10.4. The zero-order valence-electron chi connectivity index (χ0n) is 22.0. The fourth-order valence-electron chi connectivity index (χ4n) is 4.79. The van der Waals surface area contributed by atoms with Crippen LogP contribution in [0.1, 0.15) is 95.4 Å². The second-order valence-electron chi connectivity index (χ2n) is 9.47. The van der Waals surface area contributed by atoms with E-state index in [-0.39, 0.29) is 11.6 Å². The van der Waals surface area contributed by atoms with Gasteiger partial charge in [0, 0.05) is 17.7 Å². The van der Waals surface area contributed by atoms with Gasteiger partial charge in [-0.05, 0) is 61.4 Å². The van der Waals surface area contributed by atoms with Crippen molar-refractivity contribution in [3.63, 3.8) is 0 Å². The van der Waals surface area contributed by atoms with Gasteiger partial charge in [0.15, 0.2) is 11.4 Å². The summed E-state index contributed by atoms with van der Waals surface area (Å²) in [6.45, 7) is 15.1. The molecule has 190 valence electrons. The molecule has 0 radical (unpaired) electrons. The molecular formula is C30H40O5. The molecule has 0 aromatic heterocycles. The lowest BCUT2D eigenvalue weighted by Crippen LogP contribution is -2.47. The van der Waals surface area contributed by atoms with E-state index in [1.54, 1.807) is 25.2 Å². The molecule has 2 aliphatic rings. The number of ether oxygens (including phenoxy) is 3. The summed E-state index contributed by atoms with van der Waals surface area (Å²) in [4.78, 5) is 27.1. The minimum atomic E-state index is -1.57. The molecule has 0 heterocycles. The van der Waals surface area contributed by atoms with Crippen molar-refractivity contribution in [2.75, 3.05) is 19.8 Å². The average molecular weight is 481 g/mol. The van der Waals surface area contributed by atoms with Crippen LogP contribution >= 0.6 is 0 Å². The highest BCUT2D eigenvalue weighted by Crippen LogP contribution is 2.49. The Bertz CT molecular complexity index is 1020. The molecule has 3 rings (SSSR count). The van der Waals surface area contributed by atoms with Crippen LogP contribution in [0.5, 0.6) is 0 Å². The number of hydrogen-bond acceptors (Lipinski definition) is 5. The minimum absolute atomic E-state index is 0.108. The van der Waals surface area contributed by atoms with Gasteiger partial charge < -0.3 is 14.2 Å². The van der Waals surface area contributed by atoms with Crippen LogP contribution in [0.2, 0.25) is 0 Å². The molecule has 0 spiro atoms. The van der Waals surface area contributed by atoms with Gasteiger partial charge in [-0.3, -0.25) is 9.59 Å². The van der Waals surface area contributed by atoms with Crippen LogP contribution in [0.4, 0.5) is 0 Å². The van der Waals surface area contributed by atoms with Crippen molar-refractivity contribution in [3.8, 4) is 0 Å². The molecule has 0 N–H and O–H groups in total. The summed E-state index contributed by atoms with van der Waals surface area (Å²) >= 11 is 0. The zero-order valence-corrected chi connectivity index (χ0v) is 22.0. The lowest BCUT2D eigenvalue weighted by molar-refractivity contribution is -0.234. The quantitative estimate of drug-likeness (QED) is 0.234. The van der Waals surface area contributed by atoms with E-state index >= 15 is 0 Å². The molecule has 0 saturated heterocycles. The Labute approximate surface area is 210 Å². The number of ketones is 2. The van der Waals surface area contributed by atoms with E-state index in [4.69, 9.17) is 14.2 Å². The molecule has 1 aromatic carbocycles. The third kappa shape index (κ3) is 4.87. The molecule has 1 aromatic rings. The normalized spacial score (nSPS) is 20.7. The van der Waals surface area contributed by atoms with E-state index in [0.29, 0.717) is 31.0 Å². The monoisotopic (exact) mass is 480 g/mol. The van der Waals surface area contributed by atoms with Crippen molar-refractivity contribution >= 4 is 23.2 Å². The highest BCUT2D eigenvalue weighted by atomic mass is 16.7. The topological polar surface area (TPSA) is 61.8 Å². The van der Waals surface area contributed by atoms with Crippen molar-refractivity contribution in [2.24, 2.45) is 0 Å². The van der Waals surface area contributed by atoms with Gasteiger partial charge in [-0.2, -0.15) is 0 Å². The molecular weight excluding hydrogens is 440 g/mol. The van der Waals surface area contributed by atoms with E-state index in [1.807, 2.05) is 19.1 Å². The summed E-state index contributed by atoms with van der Waals surface area (Å²) in [5, 5.41) is 0. The minimum Gasteiger partial charge on any atom is -0.362 e. The van der Waals surface area contributed by atoms with Gasteiger partial charge in [-0.25, -0.2) is 0 Å². The number of carbonyl (C=O) groups is 2. The Hall–Kier alpha value is -2.34. The van der Waals surface area contributed by atoms with Gasteiger partial charge in [-0.1, -0.05) is 70.9 Å². The maximum Gasteiger partial charge on any atom is 0.262 e. The molecule has 0 amide bonds. The smallest absolute Gasteiger partial charge is 0.262 e. The van der Waals surface area contributed by atoms with Gasteiger partial charge in [0.1, 0.15) is 0 Å². The molecule has 2 aliphatic carbocycles. The van der Waals surface area contributed by atoms with Crippen LogP contribution in [0.25, 0.3) is 11.6 Å². The Kier molecular flexibility index (Phi) is 9.03. The van der Waals surface area contributed by atoms with Crippen LogP contribution in [0, 0.1) is 0 Å². The number of benzene rings is 1. The maximum absolute atomic E-state index is 14.0. The van der Waals surface area contributed by atoms with Crippen LogP contribution in [0.3, 0.4) is 0 Å². The first-order valence-corrected chi connectivity index (χ1v) is 13.0. The number of carbonyl (C=O) groups excluding carboxylic acids is 2. The molecule has 5 nitrogen and oxygen atoms in total. The highest BCUT2D eigenvalue weighted by Gasteiger charge is 2.52. The van der Waals surface area contributed by atoms with Gasteiger partial charge in [0.25, 0.3) is 5.79 Å². The molecule has 5 heteroatoms. The standard InChI is InChI=1S/C30H40O5/c1-7-11-18-33-29(6)25-16-14-23-22(10-4)21(5)28(32)30(34-19-12-8-2,35-20-13-9-3)27(23)24(25)15-17-26(29)31/h10,14-17H,4,7-9,11-13,18-20H2,1-3,5-6H3. The van der Waals surface area contributed by atoms with Gasteiger partial charge in [0.2, 0.25) is 5.78 Å². The fourth-order valence-corrected chi connectivity index (χ4v) is 4.79. The number of allylic oxidation sites excluding steroid dienone is 2. The first-order chi connectivity index (χ1) is 16.8. The van der Waals surface area contributed by atoms with Crippen LogP contribution < -0.4 is 0 Å². The Balaban J connectivity index is 2.29. The van der Waals surface area contributed by atoms with Crippen molar-refractivity contribution in [1.82, 2.24) is 0 Å². The number of unbranched alkanes of at least 4 members (excludes halogenated alkanes) is 3. The molecule has 35 heavy (non-hydrogen) atoms. The third-order valence-corrected chi connectivity index (χ3v) is 6.99. The summed E-state index contributed by atoms with van der Waals surface area (Å²) in [5.74, 6) is -1.89. The Morgan fingerprint density at radius 3 is 2.00 bits per heavy atom. The predicted molar refractivity (Wildman–Crippen MR) is 140 cm³/mol. The van der Waals surface area contributed by atoms with Gasteiger partial charge in [0.05, 0.1) is 13.2 Å². The molecule has 1 atom stereocenters. The first kappa shape index (κ1) is 27.3. The fraction of sp³-hybridized carbons (Fsp3) is 0.533. The van der Waals surface area contributed by atoms with Crippen LogP contribution in [0.15, 0.2) is 36.4 Å². The summed E-state index contributed by atoms with van der Waals surface area (Å²) in [6, 6.07) is 3.90. The molecule has 0 saturated carbocycles. The first-order valence-electron chi connectivity index (χ1n) is 13.0. The second-order valence-corrected chi connectivity index (χ2v) is 9.47. The van der Waals surface area contributed by atoms with Crippen molar-refractivity contribution in [1.29, 1.82) is 0 Å². The Morgan fingerprint density at radius 2 is 1.46 bits per heavy atom.